The second-order valence-corrected chi connectivity index (χ2v) is 5.07. The standard InChI is InChI=1S/C16H19ClFNO2/c17-6-2-1-3-14-4-5-15(18)16(13-14)21-12-9-19-7-10-20-11-8-19/h4-5,13H,2,6-12H2. The van der Waals surface area contributed by atoms with Crippen molar-refractivity contribution in [3.8, 4) is 17.6 Å². The highest BCUT2D eigenvalue weighted by atomic mass is 35.5. The minimum absolute atomic E-state index is 0.251. The van der Waals surface area contributed by atoms with E-state index in [1.165, 1.54) is 6.07 Å². The summed E-state index contributed by atoms with van der Waals surface area (Å²) in [6.45, 7) is 4.52. The van der Waals surface area contributed by atoms with E-state index < -0.39 is 0 Å². The molecule has 0 unspecified atom stereocenters. The van der Waals surface area contributed by atoms with Crippen LogP contribution in [0.15, 0.2) is 18.2 Å². The molecule has 3 nitrogen and oxygen atoms in total. The molecule has 0 aromatic heterocycles. The molecule has 0 aliphatic carbocycles. The zero-order chi connectivity index (χ0) is 14.9. The molecule has 0 amide bonds. The van der Waals surface area contributed by atoms with Crippen molar-refractivity contribution in [3.05, 3.63) is 29.6 Å². The van der Waals surface area contributed by atoms with Gasteiger partial charge in [-0.25, -0.2) is 4.39 Å². The van der Waals surface area contributed by atoms with Crippen LogP contribution in [0.3, 0.4) is 0 Å². The molecule has 1 heterocycles. The molecule has 0 bridgehead atoms. The molecule has 0 saturated carbocycles. The maximum Gasteiger partial charge on any atom is 0.165 e. The summed E-state index contributed by atoms with van der Waals surface area (Å²) in [6, 6.07) is 4.66. The van der Waals surface area contributed by atoms with Crippen LogP contribution in [0, 0.1) is 17.7 Å². The van der Waals surface area contributed by atoms with Gasteiger partial charge < -0.3 is 9.47 Å². The van der Waals surface area contributed by atoms with Crippen molar-refractivity contribution in [2.24, 2.45) is 0 Å². The molecular formula is C16H19ClFNO2. The van der Waals surface area contributed by atoms with Gasteiger partial charge in [-0.2, -0.15) is 0 Å². The van der Waals surface area contributed by atoms with Crippen LogP contribution in [-0.2, 0) is 4.74 Å². The number of rotatable bonds is 5. The summed E-state index contributed by atoms with van der Waals surface area (Å²) in [5.74, 6) is 6.26. The Morgan fingerprint density at radius 2 is 2.14 bits per heavy atom. The van der Waals surface area contributed by atoms with E-state index in [0.717, 1.165) is 38.4 Å². The normalized spacial score (nSPS) is 15.3. The predicted molar refractivity (Wildman–Crippen MR) is 81.4 cm³/mol. The highest BCUT2D eigenvalue weighted by Crippen LogP contribution is 2.18. The maximum atomic E-state index is 13.7. The third-order valence-electron chi connectivity index (χ3n) is 3.15. The molecule has 0 N–H and O–H groups in total. The minimum atomic E-state index is -0.361. The van der Waals surface area contributed by atoms with Gasteiger partial charge in [0.15, 0.2) is 11.6 Å². The van der Waals surface area contributed by atoms with Crippen LogP contribution in [0.1, 0.15) is 12.0 Å². The van der Waals surface area contributed by atoms with Crippen LogP contribution < -0.4 is 4.74 Å². The zero-order valence-corrected chi connectivity index (χ0v) is 12.7. The number of ether oxygens (including phenoxy) is 2. The molecule has 5 heteroatoms. The first-order valence-corrected chi connectivity index (χ1v) is 7.60. The Morgan fingerprint density at radius 3 is 2.90 bits per heavy atom. The molecule has 0 atom stereocenters. The summed E-state index contributed by atoms with van der Waals surface area (Å²) < 4.78 is 24.5. The molecule has 1 aliphatic heterocycles. The van der Waals surface area contributed by atoms with Gasteiger partial charge >= 0.3 is 0 Å². The molecule has 0 radical (unpaired) electrons. The van der Waals surface area contributed by atoms with E-state index in [0.29, 0.717) is 18.9 Å². The summed E-state index contributed by atoms with van der Waals surface area (Å²) in [5.41, 5.74) is 0.739. The van der Waals surface area contributed by atoms with Crippen molar-refractivity contribution >= 4 is 11.6 Å². The lowest BCUT2D eigenvalue weighted by Crippen LogP contribution is -2.38. The Kier molecular flexibility index (Phi) is 6.81. The van der Waals surface area contributed by atoms with Crippen LogP contribution >= 0.6 is 11.6 Å². The fourth-order valence-corrected chi connectivity index (χ4v) is 2.11. The van der Waals surface area contributed by atoms with Crippen molar-refractivity contribution in [3.63, 3.8) is 0 Å². The van der Waals surface area contributed by atoms with Gasteiger partial charge in [0.2, 0.25) is 0 Å². The highest BCUT2D eigenvalue weighted by molar-refractivity contribution is 6.18. The van der Waals surface area contributed by atoms with E-state index in [2.05, 4.69) is 16.7 Å². The highest BCUT2D eigenvalue weighted by Gasteiger charge is 2.10. The van der Waals surface area contributed by atoms with Crippen LogP contribution in [0.2, 0.25) is 0 Å². The Balaban J connectivity index is 1.86. The Hall–Kier alpha value is -1.28. The molecular weight excluding hydrogens is 293 g/mol. The molecule has 1 aromatic rings. The lowest BCUT2D eigenvalue weighted by Gasteiger charge is -2.26. The van der Waals surface area contributed by atoms with Gasteiger partial charge in [-0.15, -0.1) is 11.6 Å². The SMILES string of the molecule is Fc1ccc(C#CCCCl)cc1OCCN1CCOCC1. The van der Waals surface area contributed by atoms with Crippen LogP contribution in [0.25, 0.3) is 0 Å². The summed E-state index contributed by atoms with van der Waals surface area (Å²) in [4.78, 5) is 2.24. The molecule has 0 spiro atoms. The maximum absolute atomic E-state index is 13.7. The zero-order valence-electron chi connectivity index (χ0n) is 11.9. The van der Waals surface area contributed by atoms with E-state index in [4.69, 9.17) is 21.1 Å². The van der Waals surface area contributed by atoms with E-state index in [1.807, 2.05) is 0 Å². The summed E-state index contributed by atoms with van der Waals surface area (Å²) >= 11 is 5.57. The van der Waals surface area contributed by atoms with E-state index in [1.54, 1.807) is 12.1 Å². The first-order chi connectivity index (χ1) is 10.3. The lowest BCUT2D eigenvalue weighted by molar-refractivity contribution is 0.0320. The first-order valence-electron chi connectivity index (χ1n) is 7.07. The second-order valence-electron chi connectivity index (χ2n) is 4.69. The predicted octanol–water partition coefficient (Wildman–Crippen LogP) is 2.52. The monoisotopic (exact) mass is 311 g/mol. The third-order valence-corrected chi connectivity index (χ3v) is 3.34. The fraction of sp³-hybridized carbons (Fsp3) is 0.500. The Morgan fingerprint density at radius 1 is 1.33 bits per heavy atom. The average Bonchev–Trinajstić information content (AvgIpc) is 2.51. The van der Waals surface area contributed by atoms with Crippen LogP contribution in [-0.4, -0.2) is 50.2 Å². The lowest BCUT2D eigenvalue weighted by atomic mass is 10.2. The Bertz CT molecular complexity index is 507. The summed E-state index contributed by atoms with van der Waals surface area (Å²) in [5, 5.41) is 0. The molecule has 1 fully saturated rings. The van der Waals surface area contributed by atoms with E-state index in [-0.39, 0.29) is 11.6 Å². The third kappa shape index (κ3) is 5.55. The van der Waals surface area contributed by atoms with Crippen molar-refractivity contribution in [1.29, 1.82) is 0 Å². The molecule has 114 valence electrons. The van der Waals surface area contributed by atoms with Gasteiger partial charge in [0.25, 0.3) is 0 Å². The largest absolute Gasteiger partial charge is 0.489 e. The van der Waals surface area contributed by atoms with Crippen molar-refractivity contribution in [2.75, 3.05) is 45.3 Å². The summed E-state index contributed by atoms with van der Waals surface area (Å²) in [7, 11) is 0. The minimum Gasteiger partial charge on any atom is -0.489 e. The number of halogens is 2. The Labute approximate surface area is 130 Å². The number of alkyl halides is 1. The topological polar surface area (TPSA) is 21.7 Å². The van der Waals surface area contributed by atoms with Gasteiger partial charge in [-0.05, 0) is 18.2 Å². The number of morpholine rings is 1. The van der Waals surface area contributed by atoms with Gasteiger partial charge in [-0.1, -0.05) is 11.8 Å². The van der Waals surface area contributed by atoms with Crippen LogP contribution in [0.4, 0.5) is 4.39 Å². The van der Waals surface area contributed by atoms with Crippen molar-refractivity contribution in [1.82, 2.24) is 4.90 Å². The van der Waals surface area contributed by atoms with Gasteiger partial charge in [0.05, 0.1) is 13.2 Å². The van der Waals surface area contributed by atoms with Gasteiger partial charge in [-0.3, -0.25) is 4.90 Å². The number of nitrogens with zero attached hydrogens (tertiary/aromatic N) is 1. The fourth-order valence-electron chi connectivity index (χ4n) is 2.01. The molecule has 21 heavy (non-hydrogen) atoms. The van der Waals surface area contributed by atoms with Crippen molar-refractivity contribution in [2.45, 2.75) is 6.42 Å². The van der Waals surface area contributed by atoms with E-state index >= 15 is 0 Å². The average molecular weight is 312 g/mol. The van der Waals surface area contributed by atoms with Gasteiger partial charge in [0, 0.05) is 37.5 Å². The van der Waals surface area contributed by atoms with Gasteiger partial charge in [0.1, 0.15) is 6.61 Å². The molecule has 1 aromatic carbocycles. The second kappa shape index (κ2) is 8.89. The number of hydrogen-bond acceptors (Lipinski definition) is 3. The quantitative estimate of drug-likeness (QED) is 0.616. The number of benzene rings is 1. The molecule has 1 saturated heterocycles. The van der Waals surface area contributed by atoms with E-state index in [9.17, 15) is 4.39 Å². The summed E-state index contributed by atoms with van der Waals surface area (Å²) in [6.07, 6.45) is 0.617. The number of hydrogen-bond donors (Lipinski definition) is 0. The van der Waals surface area contributed by atoms with Crippen molar-refractivity contribution < 1.29 is 13.9 Å². The molecule has 1 aliphatic rings. The van der Waals surface area contributed by atoms with Crippen LogP contribution in [0.5, 0.6) is 5.75 Å². The molecule has 2 rings (SSSR count). The smallest absolute Gasteiger partial charge is 0.165 e. The first kappa shape index (κ1) is 16.1.